The third-order valence-corrected chi connectivity index (χ3v) is 5.65. The van der Waals surface area contributed by atoms with Crippen molar-refractivity contribution in [3.05, 3.63) is 0 Å². The van der Waals surface area contributed by atoms with Gasteiger partial charge in [-0.25, -0.2) is 0 Å². The molecule has 1 N–H and O–H groups in total. The molecule has 19 heavy (non-hydrogen) atoms. The van der Waals surface area contributed by atoms with Gasteiger partial charge in [0.2, 0.25) is 0 Å². The second kappa shape index (κ2) is 9.76. The Morgan fingerprint density at radius 2 is 1.21 bits per heavy atom. The Morgan fingerprint density at radius 1 is 0.737 bits per heavy atom. The van der Waals surface area contributed by atoms with Crippen LogP contribution in [0.2, 0.25) is 0 Å². The van der Waals surface area contributed by atoms with Crippen LogP contribution in [0.4, 0.5) is 0 Å². The molecule has 0 unspecified atom stereocenters. The molecule has 0 saturated heterocycles. The van der Waals surface area contributed by atoms with Gasteiger partial charge in [-0.2, -0.15) is 8.42 Å². The van der Waals surface area contributed by atoms with Crippen LogP contribution < -0.4 is 0 Å². The second-order valence-electron chi connectivity index (χ2n) is 5.68. The van der Waals surface area contributed by atoms with Gasteiger partial charge in [-0.15, -0.1) is 0 Å². The van der Waals surface area contributed by atoms with Crippen molar-refractivity contribution in [3.8, 4) is 0 Å². The van der Waals surface area contributed by atoms with Gasteiger partial charge in [0.1, 0.15) is 0 Å². The topological polar surface area (TPSA) is 54.4 Å². The fourth-order valence-electron chi connectivity index (χ4n) is 2.90. The largest absolute Gasteiger partial charge is 0.285 e. The Labute approximate surface area is 119 Å². The summed E-state index contributed by atoms with van der Waals surface area (Å²) >= 11 is 0. The minimum Gasteiger partial charge on any atom is -0.285 e. The predicted molar refractivity (Wildman–Crippen MR) is 82.1 cm³/mol. The van der Waals surface area contributed by atoms with Crippen LogP contribution in [0.15, 0.2) is 0 Å². The molecule has 0 aliphatic heterocycles. The van der Waals surface area contributed by atoms with Crippen molar-refractivity contribution in [2.75, 3.05) is 0 Å². The van der Waals surface area contributed by atoms with Crippen molar-refractivity contribution in [2.24, 2.45) is 0 Å². The van der Waals surface area contributed by atoms with E-state index in [9.17, 15) is 13.0 Å². The van der Waals surface area contributed by atoms with Crippen molar-refractivity contribution in [1.29, 1.82) is 0 Å². The number of hydrogen-bond donors (Lipinski definition) is 1. The average Bonchev–Trinajstić information content (AvgIpc) is 2.32. The fraction of sp³-hybridized carbons (Fsp3) is 1.00. The Balaban J connectivity index is 4.42. The summed E-state index contributed by atoms with van der Waals surface area (Å²) in [4.78, 5) is 0. The zero-order valence-corrected chi connectivity index (χ0v) is 13.8. The van der Waals surface area contributed by atoms with Gasteiger partial charge in [0.05, 0.1) is 4.75 Å². The van der Waals surface area contributed by atoms with Gasteiger partial charge in [0.15, 0.2) is 0 Å². The predicted octanol–water partition coefficient (Wildman–Crippen LogP) is 4.96. The van der Waals surface area contributed by atoms with Gasteiger partial charge >= 0.3 is 0 Å². The van der Waals surface area contributed by atoms with E-state index in [1.54, 1.807) is 0 Å². The third-order valence-electron chi connectivity index (χ3n) is 3.94. The highest BCUT2D eigenvalue weighted by atomic mass is 32.2. The van der Waals surface area contributed by atoms with Gasteiger partial charge in [-0.3, -0.25) is 4.55 Å². The molecule has 0 aliphatic carbocycles. The van der Waals surface area contributed by atoms with Crippen molar-refractivity contribution in [1.82, 2.24) is 0 Å². The highest BCUT2D eigenvalue weighted by Gasteiger charge is 2.40. The summed E-state index contributed by atoms with van der Waals surface area (Å²) in [6.07, 6.45) is 10.2. The molecule has 0 aromatic carbocycles. The molecule has 0 radical (unpaired) electrons. The molecule has 0 bridgehead atoms. The molecule has 4 heteroatoms. The number of hydrogen-bond acceptors (Lipinski definition) is 2. The fourth-order valence-corrected chi connectivity index (χ4v) is 4.23. The van der Waals surface area contributed by atoms with E-state index in [4.69, 9.17) is 0 Å². The first kappa shape index (κ1) is 18.9. The molecule has 0 saturated carbocycles. The maximum absolute atomic E-state index is 11.8. The van der Waals surface area contributed by atoms with Crippen LogP contribution in [0.25, 0.3) is 0 Å². The molecular formula is C15H32O3S. The summed E-state index contributed by atoms with van der Waals surface area (Å²) in [5.41, 5.74) is 0. The zero-order chi connectivity index (χ0) is 14.8. The number of rotatable bonds is 12. The van der Waals surface area contributed by atoms with E-state index in [1.807, 2.05) is 13.8 Å². The molecule has 0 aromatic rings. The first-order chi connectivity index (χ1) is 8.93. The number of unbranched alkanes of at least 4 members (excludes halogenated alkanes) is 5. The third kappa shape index (κ3) is 6.75. The lowest BCUT2D eigenvalue weighted by atomic mass is 9.91. The van der Waals surface area contributed by atoms with Crippen LogP contribution in [0.3, 0.4) is 0 Å². The Hall–Kier alpha value is -0.0900. The van der Waals surface area contributed by atoms with Gasteiger partial charge in [0.25, 0.3) is 10.1 Å². The molecule has 0 rings (SSSR count). The first-order valence-electron chi connectivity index (χ1n) is 7.90. The first-order valence-corrected chi connectivity index (χ1v) is 9.34. The van der Waals surface area contributed by atoms with Gasteiger partial charge < -0.3 is 0 Å². The summed E-state index contributed by atoms with van der Waals surface area (Å²) in [6, 6.07) is 0. The normalized spacial score (nSPS) is 12.8. The molecule has 0 amide bonds. The van der Waals surface area contributed by atoms with E-state index in [1.165, 1.54) is 25.7 Å². The lowest BCUT2D eigenvalue weighted by Crippen LogP contribution is -2.38. The molecule has 0 fully saturated rings. The Morgan fingerprint density at radius 3 is 1.63 bits per heavy atom. The summed E-state index contributed by atoms with van der Waals surface area (Å²) < 4.78 is 32.2. The molecule has 3 nitrogen and oxygen atoms in total. The van der Waals surface area contributed by atoms with E-state index in [0.717, 1.165) is 25.7 Å². The molecule has 0 aliphatic rings. The molecule has 0 aromatic heterocycles. The highest BCUT2D eigenvalue weighted by molar-refractivity contribution is 7.87. The summed E-state index contributed by atoms with van der Waals surface area (Å²) in [5, 5.41) is 0. The van der Waals surface area contributed by atoms with Crippen LogP contribution in [-0.4, -0.2) is 17.7 Å². The van der Waals surface area contributed by atoms with Crippen molar-refractivity contribution in [3.63, 3.8) is 0 Å². The van der Waals surface area contributed by atoms with E-state index in [-0.39, 0.29) is 0 Å². The highest BCUT2D eigenvalue weighted by Crippen LogP contribution is 2.34. The second-order valence-corrected chi connectivity index (χ2v) is 7.49. The van der Waals surface area contributed by atoms with Crippen molar-refractivity contribution >= 4 is 10.1 Å². The van der Waals surface area contributed by atoms with Crippen LogP contribution in [0, 0.1) is 0 Å². The maximum Gasteiger partial charge on any atom is 0.270 e. The molecule has 0 spiro atoms. The van der Waals surface area contributed by atoms with E-state index >= 15 is 0 Å². The minimum absolute atomic E-state index is 0.578. The molecule has 116 valence electrons. The van der Waals surface area contributed by atoms with Crippen LogP contribution in [0.5, 0.6) is 0 Å². The molecular weight excluding hydrogens is 260 g/mol. The average molecular weight is 292 g/mol. The lowest BCUT2D eigenvalue weighted by Gasteiger charge is -2.30. The van der Waals surface area contributed by atoms with Crippen LogP contribution in [0.1, 0.15) is 91.4 Å². The van der Waals surface area contributed by atoms with Gasteiger partial charge in [0, 0.05) is 0 Å². The van der Waals surface area contributed by atoms with Crippen LogP contribution in [-0.2, 0) is 10.1 Å². The quantitative estimate of drug-likeness (QED) is 0.408. The Bertz CT molecular complexity index is 303. The van der Waals surface area contributed by atoms with E-state index in [2.05, 4.69) is 6.92 Å². The minimum atomic E-state index is -3.95. The lowest BCUT2D eigenvalue weighted by molar-refractivity contribution is 0.358. The summed E-state index contributed by atoms with van der Waals surface area (Å²) in [7, 11) is -3.95. The standard InChI is InChI=1S/C15H32O3S/c1-4-7-8-9-10-11-14-15(12-5-2,13-6-3)19(16,17)18/h4-14H2,1-3H3,(H,16,17,18). The van der Waals surface area contributed by atoms with E-state index in [0.29, 0.717) is 19.3 Å². The summed E-state index contributed by atoms with van der Waals surface area (Å²) in [5.74, 6) is 0. The SMILES string of the molecule is CCCCCCCCC(CCC)(CCC)S(=O)(=O)O. The smallest absolute Gasteiger partial charge is 0.270 e. The zero-order valence-electron chi connectivity index (χ0n) is 13.0. The maximum atomic E-state index is 11.8. The molecule has 0 heterocycles. The van der Waals surface area contributed by atoms with Crippen molar-refractivity contribution < 1.29 is 13.0 Å². The Kier molecular flexibility index (Phi) is 9.71. The van der Waals surface area contributed by atoms with Gasteiger partial charge in [-0.05, 0) is 19.3 Å². The van der Waals surface area contributed by atoms with E-state index < -0.39 is 14.9 Å². The van der Waals surface area contributed by atoms with Gasteiger partial charge in [-0.1, -0.05) is 72.1 Å². The van der Waals surface area contributed by atoms with Crippen LogP contribution >= 0.6 is 0 Å². The van der Waals surface area contributed by atoms with Crippen molar-refractivity contribution in [2.45, 2.75) is 96.1 Å². The molecule has 0 atom stereocenters. The summed E-state index contributed by atoms with van der Waals surface area (Å²) in [6.45, 7) is 6.15. The monoisotopic (exact) mass is 292 g/mol.